The van der Waals surface area contributed by atoms with E-state index in [9.17, 15) is 32.7 Å². The molecule has 3 rings (SSSR count). The Morgan fingerprint density at radius 1 is 0.915 bits per heavy atom. The predicted octanol–water partition coefficient (Wildman–Crippen LogP) is 6.33. The number of aromatic hydroxyl groups is 1. The number of hydrogen-bond acceptors (Lipinski definition) is 10. The summed E-state index contributed by atoms with van der Waals surface area (Å²) in [6.07, 6.45) is 2.33. The third-order valence-corrected chi connectivity index (χ3v) is 10.9. The Hall–Kier alpha value is -4.01. The Morgan fingerprint density at radius 2 is 1.55 bits per heavy atom. The fraction of sp³-hybridized carbons (Fsp3) is 0.333. The maximum Gasteiger partial charge on any atom is 0.338 e. The molecule has 0 fully saturated rings. The van der Waals surface area contributed by atoms with Crippen LogP contribution in [0.2, 0.25) is 0 Å². The number of rotatable bonds is 16. The van der Waals surface area contributed by atoms with Crippen LogP contribution in [0.15, 0.2) is 75.4 Å². The molecule has 0 spiro atoms. The number of benzene rings is 3. The Bertz CT molecular complexity index is 1690. The van der Waals surface area contributed by atoms with Crippen LogP contribution in [0.4, 0.5) is 11.4 Å². The number of carbonyl (C=O) groups is 4. The second kappa shape index (κ2) is 17.2. The summed E-state index contributed by atoms with van der Waals surface area (Å²) in [5, 5.41) is 23.7. The Labute approximate surface area is 282 Å². The van der Waals surface area contributed by atoms with Crippen molar-refractivity contribution < 1.29 is 42.5 Å². The molecule has 0 saturated carbocycles. The van der Waals surface area contributed by atoms with E-state index in [0.29, 0.717) is 10.8 Å². The van der Waals surface area contributed by atoms with Gasteiger partial charge in [0, 0.05) is 27.2 Å². The summed E-state index contributed by atoms with van der Waals surface area (Å²) in [5.74, 6) is -2.96. The summed E-state index contributed by atoms with van der Waals surface area (Å²) in [4.78, 5) is 51.0. The number of nitrogens with one attached hydrogen (secondary N) is 2. The van der Waals surface area contributed by atoms with Crippen molar-refractivity contribution in [2.75, 3.05) is 29.2 Å². The number of phenols is 1. The zero-order valence-electron chi connectivity index (χ0n) is 26.4. The van der Waals surface area contributed by atoms with E-state index in [0.717, 1.165) is 23.1 Å². The van der Waals surface area contributed by atoms with Gasteiger partial charge >= 0.3 is 11.9 Å². The first-order valence-corrected chi connectivity index (χ1v) is 18.5. The van der Waals surface area contributed by atoms with Crippen molar-refractivity contribution in [3.05, 3.63) is 71.8 Å². The molecule has 1 unspecified atom stereocenters. The molecule has 0 radical (unpaired) electrons. The van der Waals surface area contributed by atoms with E-state index in [1.54, 1.807) is 19.1 Å². The van der Waals surface area contributed by atoms with Crippen molar-refractivity contribution in [3.8, 4) is 5.75 Å². The minimum absolute atomic E-state index is 0.00897. The number of carbonyl (C=O) groups excluding carboxylic acids is 3. The van der Waals surface area contributed by atoms with E-state index >= 15 is 0 Å². The average Bonchev–Trinajstić information content (AvgIpc) is 3.02. The van der Waals surface area contributed by atoms with Crippen molar-refractivity contribution >= 4 is 68.5 Å². The predicted molar refractivity (Wildman–Crippen MR) is 183 cm³/mol. The van der Waals surface area contributed by atoms with Gasteiger partial charge in [0.1, 0.15) is 11.0 Å². The molecule has 2 amide bonds. The first-order valence-electron chi connectivity index (χ1n) is 14.8. The van der Waals surface area contributed by atoms with Crippen LogP contribution in [0.3, 0.4) is 0 Å². The number of ether oxygens (including phenoxy) is 1. The largest absolute Gasteiger partial charge is 0.506 e. The number of hydrogen-bond donors (Lipinski definition) is 4. The van der Waals surface area contributed by atoms with E-state index in [-0.39, 0.29) is 52.6 Å². The van der Waals surface area contributed by atoms with Gasteiger partial charge in [-0.1, -0.05) is 20.8 Å². The molecule has 3 aromatic rings. The molecule has 14 heteroatoms. The number of aliphatic carboxylic acids is 1. The van der Waals surface area contributed by atoms with Crippen LogP contribution in [0, 0.1) is 5.92 Å². The Morgan fingerprint density at radius 3 is 2.13 bits per heavy atom. The highest BCUT2D eigenvalue weighted by atomic mass is 32.2. The first-order chi connectivity index (χ1) is 22.3. The summed E-state index contributed by atoms with van der Waals surface area (Å²) in [6.45, 7) is 5.88. The Kier molecular flexibility index (Phi) is 13.7. The second-order valence-corrected chi connectivity index (χ2v) is 15.0. The Balaban J connectivity index is 1.83. The molecule has 0 aliphatic heterocycles. The number of phenolic OH excluding ortho intramolecular Hbond substituents is 1. The summed E-state index contributed by atoms with van der Waals surface area (Å²) in [6, 6.07) is 14.5. The molecule has 0 heterocycles. The number of amides is 2. The molecule has 0 aromatic heterocycles. The zero-order chi connectivity index (χ0) is 34.7. The van der Waals surface area contributed by atoms with Crippen molar-refractivity contribution in [3.63, 3.8) is 0 Å². The number of anilines is 2. The maximum atomic E-state index is 13.4. The van der Waals surface area contributed by atoms with Gasteiger partial charge in [-0.15, -0.1) is 23.5 Å². The standard InChI is InChI=1S/C33H38N2O9S3/c1-5-29(47(42,43)24-12-10-23(45-4)11-13-24)32(40)35-26-18-27(36)25(19-28(26)46-17-15-30(37)38)34-31(39)21-6-8-22(9-7-21)33(41)44-16-14-20(2)3/h6-13,18-20,29,36H,5,14-17H2,1-4H3,(H,34,39)(H,35,40)(H,37,38). The van der Waals surface area contributed by atoms with Gasteiger partial charge in [0.05, 0.1) is 34.9 Å². The smallest absolute Gasteiger partial charge is 0.338 e. The summed E-state index contributed by atoms with van der Waals surface area (Å²) < 4.78 is 32.0. The number of thioether (sulfide) groups is 2. The van der Waals surface area contributed by atoms with Crippen LogP contribution in [-0.2, 0) is 24.2 Å². The van der Waals surface area contributed by atoms with Gasteiger partial charge in [-0.05, 0) is 79.6 Å². The molecule has 0 aliphatic rings. The van der Waals surface area contributed by atoms with Gasteiger partial charge in [0.25, 0.3) is 5.91 Å². The lowest BCUT2D eigenvalue weighted by Gasteiger charge is -2.19. The summed E-state index contributed by atoms with van der Waals surface area (Å²) in [5.41, 5.74) is 0.473. The highest BCUT2D eigenvalue weighted by Crippen LogP contribution is 2.37. The van der Waals surface area contributed by atoms with Crippen molar-refractivity contribution in [2.45, 2.75) is 60.0 Å². The quantitative estimate of drug-likeness (QED) is 0.0746. The van der Waals surface area contributed by atoms with Gasteiger partial charge < -0.3 is 25.6 Å². The normalized spacial score (nSPS) is 11.9. The molecular formula is C33H38N2O9S3. The van der Waals surface area contributed by atoms with E-state index in [1.165, 1.54) is 60.3 Å². The van der Waals surface area contributed by atoms with Gasteiger partial charge in [-0.25, -0.2) is 13.2 Å². The summed E-state index contributed by atoms with van der Waals surface area (Å²) in [7, 11) is -4.07. The average molecular weight is 703 g/mol. The topological polar surface area (TPSA) is 176 Å². The van der Waals surface area contributed by atoms with Crippen LogP contribution in [0.5, 0.6) is 5.75 Å². The van der Waals surface area contributed by atoms with E-state index in [1.807, 2.05) is 20.1 Å². The monoisotopic (exact) mass is 702 g/mol. The molecule has 0 bridgehead atoms. The SMILES string of the molecule is CCC(C(=O)Nc1cc(O)c(NC(=O)c2ccc(C(=O)OCCC(C)C)cc2)cc1SCCC(=O)O)S(=O)(=O)c1ccc(SC)cc1. The van der Waals surface area contributed by atoms with E-state index < -0.39 is 44.6 Å². The zero-order valence-corrected chi connectivity index (χ0v) is 28.9. The highest BCUT2D eigenvalue weighted by Gasteiger charge is 2.33. The van der Waals surface area contributed by atoms with Crippen LogP contribution >= 0.6 is 23.5 Å². The number of esters is 1. The van der Waals surface area contributed by atoms with E-state index in [4.69, 9.17) is 9.84 Å². The molecule has 47 heavy (non-hydrogen) atoms. The number of sulfone groups is 1. The molecule has 0 aliphatic carbocycles. The van der Waals surface area contributed by atoms with E-state index in [2.05, 4.69) is 10.6 Å². The van der Waals surface area contributed by atoms with Crippen LogP contribution in [0.25, 0.3) is 0 Å². The van der Waals surface area contributed by atoms with Crippen molar-refractivity contribution in [1.82, 2.24) is 0 Å². The molecule has 1 atom stereocenters. The lowest BCUT2D eigenvalue weighted by molar-refractivity contribution is -0.136. The molecule has 0 saturated heterocycles. The first kappa shape index (κ1) is 37.4. The van der Waals surface area contributed by atoms with Gasteiger partial charge in [0.2, 0.25) is 5.91 Å². The highest BCUT2D eigenvalue weighted by molar-refractivity contribution is 7.99. The van der Waals surface area contributed by atoms with Crippen molar-refractivity contribution in [2.24, 2.45) is 5.92 Å². The molecule has 3 aromatic carbocycles. The fourth-order valence-corrected chi connectivity index (χ4v) is 7.24. The minimum Gasteiger partial charge on any atom is -0.506 e. The lowest BCUT2D eigenvalue weighted by Crippen LogP contribution is -2.35. The third kappa shape index (κ3) is 10.5. The van der Waals surface area contributed by atoms with Crippen LogP contribution in [-0.4, -0.2) is 66.2 Å². The fourth-order valence-electron chi connectivity index (χ4n) is 4.25. The van der Waals surface area contributed by atoms with Gasteiger partial charge in [-0.2, -0.15) is 0 Å². The molecule has 4 N–H and O–H groups in total. The third-order valence-electron chi connectivity index (χ3n) is 6.91. The molecule has 11 nitrogen and oxygen atoms in total. The minimum atomic E-state index is -4.07. The van der Waals surface area contributed by atoms with Crippen LogP contribution in [0.1, 0.15) is 60.7 Å². The van der Waals surface area contributed by atoms with Gasteiger partial charge in [-0.3, -0.25) is 14.4 Å². The van der Waals surface area contributed by atoms with Gasteiger partial charge in [0.15, 0.2) is 9.84 Å². The number of carboxylic acids is 1. The van der Waals surface area contributed by atoms with Crippen molar-refractivity contribution in [1.29, 1.82) is 0 Å². The second-order valence-electron chi connectivity index (χ2n) is 10.8. The van der Waals surface area contributed by atoms with Crippen LogP contribution < -0.4 is 10.6 Å². The summed E-state index contributed by atoms with van der Waals surface area (Å²) >= 11 is 2.49. The lowest BCUT2D eigenvalue weighted by atomic mass is 10.1. The molecular weight excluding hydrogens is 665 g/mol. The number of carboxylic acid groups (broad SMARTS) is 1. The maximum absolute atomic E-state index is 13.4. The molecule has 252 valence electrons.